The van der Waals surface area contributed by atoms with Crippen molar-refractivity contribution in [3.63, 3.8) is 0 Å². The van der Waals surface area contributed by atoms with E-state index in [1.807, 2.05) is 36.4 Å². The molecule has 7 nitrogen and oxygen atoms in total. The van der Waals surface area contributed by atoms with Crippen LogP contribution in [0.2, 0.25) is 0 Å². The van der Waals surface area contributed by atoms with Gasteiger partial charge in [-0.25, -0.2) is 0 Å². The predicted molar refractivity (Wildman–Crippen MR) is 127 cm³/mol. The van der Waals surface area contributed by atoms with Gasteiger partial charge in [-0.3, -0.25) is 9.59 Å². The summed E-state index contributed by atoms with van der Waals surface area (Å²) in [6, 6.07) is 12.8. The van der Waals surface area contributed by atoms with Crippen molar-refractivity contribution >= 4 is 60.3 Å². The van der Waals surface area contributed by atoms with Crippen LogP contribution in [0.25, 0.3) is 10.9 Å². The second kappa shape index (κ2) is 10.7. The number of benzene rings is 2. The number of carbonyl (C=O) groups excluding carboxylic acids is 2. The first-order chi connectivity index (χ1) is 14.9. The molecule has 31 heavy (non-hydrogen) atoms. The van der Waals surface area contributed by atoms with E-state index in [9.17, 15) is 14.7 Å². The summed E-state index contributed by atoms with van der Waals surface area (Å²) in [5, 5.41) is 21.6. The van der Waals surface area contributed by atoms with Crippen LogP contribution in [-0.2, 0) is 11.8 Å². The number of aryl methyl sites for hydroxylation is 1. The molecule has 2 N–H and O–H groups in total. The van der Waals surface area contributed by atoms with Crippen LogP contribution in [0.1, 0.15) is 36.0 Å². The van der Waals surface area contributed by atoms with E-state index in [1.54, 1.807) is 17.7 Å². The van der Waals surface area contributed by atoms with E-state index >= 15 is 0 Å². The summed E-state index contributed by atoms with van der Waals surface area (Å²) in [7, 11) is 1.72. The van der Waals surface area contributed by atoms with Crippen LogP contribution in [0.15, 0.2) is 61.6 Å². The van der Waals surface area contributed by atoms with E-state index in [0.29, 0.717) is 23.9 Å². The predicted octanol–water partition coefficient (Wildman–Crippen LogP) is 6.01. The number of nitrogens with zero attached hydrogens (tertiary/aromatic N) is 3. The Hall–Kier alpha value is -2.52. The lowest BCUT2D eigenvalue weighted by Gasteiger charge is -2.06. The second-order valence-corrected chi connectivity index (χ2v) is 8.80. The first kappa shape index (κ1) is 23.1. The fourth-order valence-electron chi connectivity index (χ4n) is 3.16. The Bertz CT molecular complexity index is 1140. The van der Waals surface area contributed by atoms with E-state index in [4.69, 9.17) is 0 Å². The van der Waals surface area contributed by atoms with Gasteiger partial charge in [0.25, 0.3) is 11.8 Å². The van der Waals surface area contributed by atoms with Crippen LogP contribution >= 0.6 is 31.9 Å². The zero-order chi connectivity index (χ0) is 22.4. The number of halogens is 2. The van der Waals surface area contributed by atoms with Crippen LogP contribution in [0.3, 0.4) is 0 Å². The van der Waals surface area contributed by atoms with Crippen molar-refractivity contribution < 1.29 is 14.7 Å². The molecule has 0 aliphatic carbocycles. The van der Waals surface area contributed by atoms with E-state index in [0.717, 1.165) is 27.3 Å². The molecule has 0 aliphatic rings. The van der Waals surface area contributed by atoms with Crippen LogP contribution in [-0.4, -0.2) is 28.0 Å². The molecule has 0 bridgehead atoms. The third-order valence-corrected chi connectivity index (χ3v) is 6.02. The molecular formula is C22H22Br2N4O3. The molecule has 1 aromatic heterocycles. The number of unbranched alkanes of at least 4 members (excludes halogenated alkanes) is 2. The van der Waals surface area contributed by atoms with Gasteiger partial charge in [0, 0.05) is 34.3 Å². The number of aromatic nitrogens is 1. The first-order valence-electron chi connectivity index (χ1n) is 9.82. The normalized spacial score (nSPS) is 11.3. The molecule has 162 valence electrons. The number of azo groups is 1. The second-order valence-electron chi connectivity index (χ2n) is 7.03. The quantitative estimate of drug-likeness (QED) is 0.266. The lowest BCUT2D eigenvalue weighted by atomic mass is 10.2. The van der Waals surface area contributed by atoms with Crippen molar-refractivity contribution in [3.05, 3.63) is 57.0 Å². The van der Waals surface area contributed by atoms with Crippen molar-refractivity contribution in [2.24, 2.45) is 17.3 Å². The van der Waals surface area contributed by atoms with E-state index < -0.39 is 0 Å². The molecule has 0 saturated heterocycles. The standard InChI is InChI=1S/C22H22Br2N4O3/c1-28-18-11-10-14(23)13-16(18)20(22(28)31)27-26-19(29)9-3-2-6-12-25-21(30)15-7-4-5-8-17(15)24/h4-5,7-8,10-11,13,31H,2-3,6,9,12H2,1H3,(H,25,30). The summed E-state index contributed by atoms with van der Waals surface area (Å²) >= 11 is 6.77. The van der Waals surface area contributed by atoms with Gasteiger partial charge in [-0.15, -0.1) is 10.2 Å². The third kappa shape index (κ3) is 5.80. The highest BCUT2D eigenvalue weighted by Gasteiger charge is 2.15. The zero-order valence-electron chi connectivity index (χ0n) is 16.9. The Morgan fingerprint density at radius 2 is 1.87 bits per heavy atom. The molecule has 2 amide bonds. The molecule has 2 aromatic carbocycles. The molecule has 3 aromatic rings. The maximum absolute atomic E-state index is 12.1. The molecule has 0 unspecified atom stereocenters. The molecule has 3 rings (SSSR count). The number of fused-ring (bicyclic) bond motifs is 1. The van der Waals surface area contributed by atoms with E-state index in [2.05, 4.69) is 47.4 Å². The Balaban J connectivity index is 1.44. The lowest BCUT2D eigenvalue weighted by Crippen LogP contribution is -2.24. The lowest BCUT2D eigenvalue weighted by molar-refractivity contribution is -0.118. The van der Waals surface area contributed by atoms with Gasteiger partial charge >= 0.3 is 0 Å². The van der Waals surface area contributed by atoms with Gasteiger partial charge in [0.15, 0.2) is 5.69 Å². The zero-order valence-corrected chi connectivity index (χ0v) is 20.1. The van der Waals surface area contributed by atoms with Crippen molar-refractivity contribution in [3.8, 4) is 5.88 Å². The largest absolute Gasteiger partial charge is 0.493 e. The summed E-state index contributed by atoms with van der Waals surface area (Å²) in [5.74, 6) is -0.507. The Morgan fingerprint density at radius 3 is 2.65 bits per heavy atom. The summed E-state index contributed by atoms with van der Waals surface area (Å²) in [5.41, 5.74) is 1.68. The van der Waals surface area contributed by atoms with Gasteiger partial charge in [0.2, 0.25) is 5.88 Å². The maximum Gasteiger partial charge on any atom is 0.264 e. The van der Waals surface area contributed by atoms with E-state index in [1.165, 1.54) is 0 Å². The summed E-state index contributed by atoms with van der Waals surface area (Å²) in [6.07, 6.45) is 2.45. The van der Waals surface area contributed by atoms with Crippen LogP contribution < -0.4 is 5.32 Å². The maximum atomic E-state index is 12.1. The third-order valence-electron chi connectivity index (χ3n) is 4.84. The van der Waals surface area contributed by atoms with Gasteiger partial charge in [-0.2, -0.15) is 0 Å². The molecule has 0 spiro atoms. The minimum absolute atomic E-state index is 0.0366. The van der Waals surface area contributed by atoms with Gasteiger partial charge < -0.3 is 15.0 Å². The van der Waals surface area contributed by atoms with Crippen LogP contribution in [0.5, 0.6) is 5.88 Å². The van der Waals surface area contributed by atoms with Gasteiger partial charge in [0.05, 0.1) is 11.1 Å². The van der Waals surface area contributed by atoms with Crippen molar-refractivity contribution in [1.29, 1.82) is 0 Å². The topological polar surface area (TPSA) is 96.0 Å². The SMILES string of the molecule is Cn1c(O)c(N=NC(=O)CCCCCNC(=O)c2ccccc2Br)c2cc(Br)ccc21. The fraction of sp³-hybridized carbons (Fsp3) is 0.273. The number of hydrogen-bond acceptors (Lipinski definition) is 4. The first-order valence-corrected chi connectivity index (χ1v) is 11.4. The fourth-order valence-corrected chi connectivity index (χ4v) is 3.98. The smallest absolute Gasteiger partial charge is 0.264 e. The summed E-state index contributed by atoms with van der Waals surface area (Å²) < 4.78 is 3.20. The molecule has 0 atom stereocenters. The van der Waals surface area contributed by atoms with Crippen LogP contribution in [0.4, 0.5) is 5.69 Å². The number of hydrogen-bond donors (Lipinski definition) is 2. The Morgan fingerprint density at radius 1 is 1.10 bits per heavy atom. The minimum Gasteiger partial charge on any atom is -0.493 e. The van der Waals surface area contributed by atoms with Gasteiger partial charge in [0.1, 0.15) is 0 Å². The van der Waals surface area contributed by atoms with Crippen molar-refractivity contribution in [2.75, 3.05) is 6.54 Å². The Kier molecular flexibility index (Phi) is 7.97. The summed E-state index contributed by atoms with van der Waals surface area (Å²) in [4.78, 5) is 24.2. The monoisotopic (exact) mass is 548 g/mol. The molecule has 0 saturated carbocycles. The average molecular weight is 550 g/mol. The number of amides is 2. The molecule has 9 heteroatoms. The number of nitrogens with one attached hydrogen (secondary N) is 1. The Labute approximate surface area is 196 Å². The van der Waals surface area contributed by atoms with Gasteiger partial charge in [-0.05, 0) is 59.1 Å². The molecule has 0 fully saturated rings. The van der Waals surface area contributed by atoms with Crippen molar-refractivity contribution in [2.45, 2.75) is 25.7 Å². The minimum atomic E-state index is -0.344. The van der Waals surface area contributed by atoms with Crippen LogP contribution in [0, 0.1) is 0 Å². The molecule has 0 aliphatic heterocycles. The number of rotatable bonds is 8. The molecular weight excluding hydrogens is 528 g/mol. The average Bonchev–Trinajstić information content (AvgIpc) is 2.98. The molecule has 0 radical (unpaired) electrons. The highest BCUT2D eigenvalue weighted by Crippen LogP contribution is 2.39. The highest BCUT2D eigenvalue weighted by molar-refractivity contribution is 9.10. The number of aromatic hydroxyl groups is 1. The molecule has 1 heterocycles. The highest BCUT2D eigenvalue weighted by atomic mass is 79.9. The van der Waals surface area contributed by atoms with Gasteiger partial charge in [-0.1, -0.05) is 34.5 Å². The van der Waals surface area contributed by atoms with Crippen molar-refractivity contribution in [1.82, 2.24) is 9.88 Å². The number of carbonyl (C=O) groups is 2. The summed E-state index contributed by atoms with van der Waals surface area (Å²) in [6.45, 7) is 0.536. The van der Waals surface area contributed by atoms with E-state index in [-0.39, 0.29) is 29.8 Å².